The summed E-state index contributed by atoms with van der Waals surface area (Å²) in [6.45, 7) is 0.949. The Bertz CT molecular complexity index is 836. The number of benzene rings is 1. The maximum Gasteiger partial charge on any atom is 0.255 e. The van der Waals surface area contributed by atoms with Crippen molar-refractivity contribution < 1.29 is 14.3 Å². The molecule has 1 aliphatic carbocycles. The maximum absolute atomic E-state index is 12.6. The van der Waals surface area contributed by atoms with Crippen molar-refractivity contribution in [1.29, 1.82) is 0 Å². The van der Waals surface area contributed by atoms with Crippen LogP contribution in [0.3, 0.4) is 0 Å². The van der Waals surface area contributed by atoms with Gasteiger partial charge in [0.05, 0.1) is 11.3 Å². The van der Waals surface area contributed by atoms with Crippen LogP contribution < -0.4 is 25.8 Å². The molecule has 0 radical (unpaired) electrons. The highest BCUT2D eigenvalue weighted by atomic mass is 16.6. The Balaban J connectivity index is 1.40. The molecule has 1 saturated carbocycles. The fourth-order valence-corrected chi connectivity index (χ4v) is 3.32. The summed E-state index contributed by atoms with van der Waals surface area (Å²) in [5, 5.41) is 6.04. The fourth-order valence-electron chi connectivity index (χ4n) is 3.32. The lowest BCUT2D eigenvalue weighted by molar-refractivity contribution is 0.0897. The van der Waals surface area contributed by atoms with Gasteiger partial charge in [0, 0.05) is 25.1 Å². The van der Waals surface area contributed by atoms with Crippen LogP contribution in [-0.4, -0.2) is 42.2 Å². The van der Waals surface area contributed by atoms with Gasteiger partial charge in [-0.2, -0.15) is 4.98 Å². The van der Waals surface area contributed by atoms with Crippen molar-refractivity contribution in [2.45, 2.75) is 24.8 Å². The van der Waals surface area contributed by atoms with Crippen LogP contribution in [0.25, 0.3) is 0 Å². The van der Waals surface area contributed by atoms with E-state index in [-0.39, 0.29) is 23.8 Å². The molecule has 136 valence electrons. The molecule has 0 atom stereocenters. The third-order valence-corrected chi connectivity index (χ3v) is 4.72. The monoisotopic (exact) mass is 355 g/mol. The van der Waals surface area contributed by atoms with Crippen LogP contribution in [-0.2, 0) is 0 Å². The Labute approximate surface area is 151 Å². The summed E-state index contributed by atoms with van der Waals surface area (Å²) < 4.78 is 11.1. The first kappa shape index (κ1) is 16.4. The summed E-state index contributed by atoms with van der Waals surface area (Å²) in [5.74, 6) is 2.22. The molecule has 1 aromatic carbocycles. The number of rotatable bonds is 4. The minimum absolute atomic E-state index is 0.0992. The molecule has 1 amide bonds. The Morgan fingerprint density at radius 1 is 1.23 bits per heavy atom. The fraction of sp³-hybridized carbons (Fsp3) is 0.389. The standard InChI is InChI=1S/C18H21N5O3/c1-20-15-9-13(22-18(19)23-15)10-7-11(8-10)21-17(24)12-3-2-4-14-16(12)26-6-5-25-14/h2-4,9-11H,5-8H2,1H3,(H,21,24)(H3,19,20,22,23). The van der Waals surface area contributed by atoms with Crippen molar-refractivity contribution in [3.8, 4) is 11.5 Å². The van der Waals surface area contributed by atoms with Crippen molar-refractivity contribution in [1.82, 2.24) is 15.3 Å². The Hall–Kier alpha value is -3.03. The topological polar surface area (TPSA) is 111 Å². The molecule has 2 heterocycles. The van der Waals surface area contributed by atoms with Crippen molar-refractivity contribution in [3.63, 3.8) is 0 Å². The summed E-state index contributed by atoms with van der Waals surface area (Å²) in [4.78, 5) is 21.0. The molecule has 0 bridgehead atoms. The van der Waals surface area contributed by atoms with Gasteiger partial charge in [-0.1, -0.05) is 6.07 Å². The molecule has 26 heavy (non-hydrogen) atoms. The van der Waals surface area contributed by atoms with E-state index in [9.17, 15) is 4.79 Å². The maximum atomic E-state index is 12.6. The summed E-state index contributed by atoms with van der Waals surface area (Å²) in [6, 6.07) is 7.36. The molecular weight excluding hydrogens is 334 g/mol. The van der Waals surface area contributed by atoms with Crippen LogP contribution in [0.2, 0.25) is 0 Å². The number of anilines is 2. The minimum Gasteiger partial charge on any atom is -0.486 e. The third-order valence-electron chi connectivity index (χ3n) is 4.72. The zero-order valence-corrected chi connectivity index (χ0v) is 14.5. The molecule has 1 fully saturated rings. The van der Waals surface area contributed by atoms with Gasteiger partial charge in [-0.15, -0.1) is 0 Å². The third kappa shape index (κ3) is 3.10. The molecule has 4 N–H and O–H groups in total. The first-order valence-corrected chi connectivity index (χ1v) is 8.65. The zero-order chi connectivity index (χ0) is 18.1. The lowest BCUT2D eigenvalue weighted by Crippen LogP contribution is -2.43. The Morgan fingerprint density at radius 2 is 2.04 bits per heavy atom. The van der Waals surface area contributed by atoms with Gasteiger partial charge in [0.25, 0.3) is 5.91 Å². The van der Waals surface area contributed by atoms with Crippen LogP contribution in [0.15, 0.2) is 24.3 Å². The van der Waals surface area contributed by atoms with Crippen LogP contribution >= 0.6 is 0 Å². The van der Waals surface area contributed by atoms with E-state index in [0.29, 0.717) is 36.1 Å². The molecule has 2 aromatic rings. The molecule has 8 heteroatoms. The molecule has 1 aromatic heterocycles. The van der Waals surface area contributed by atoms with Gasteiger partial charge in [0.2, 0.25) is 5.95 Å². The number of carbonyl (C=O) groups is 1. The minimum atomic E-state index is -0.145. The number of para-hydroxylation sites is 1. The Morgan fingerprint density at radius 3 is 2.85 bits per heavy atom. The quantitative estimate of drug-likeness (QED) is 0.763. The van der Waals surface area contributed by atoms with E-state index in [1.807, 2.05) is 12.1 Å². The summed E-state index contributed by atoms with van der Waals surface area (Å²) >= 11 is 0. The SMILES string of the molecule is CNc1cc(C2CC(NC(=O)c3cccc4c3OCCO4)C2)nc(N)n1. The summed E-state index contributed by atoms with van der Waals surface area (Å²) in [6.07, 6.45) is 1.63. The van der Waals surface area contributed by atoms with Crippen molar-refractivity contribution in [3.05, 3.63) is 35.5 Å². The van der Waals surface area contributed by atoms with E-state index >= 15 is 0 Å². The average Bonchev–Trinajstić information content (AvgIpc) is 2.63. The van der Waals surface area contributed by atoms with Crippen LogP contribution in [0, 0.1) is 0 Å². The van der Waals surface area contributed by atoms with E-state index in [1.54, 1.807) is 19.2 Å². The van der Waals surface area contributed by atoms with Gasteiger partial charge < -0.3 is 25.8 Å². The van der Waals surface area contributed by atoms with E-state index in [1.165, 1.54) is 0 Å². The molecule has 4 rings (SSSR count). The lowest BCUT2D eigenvalue weighted by Gasteiger charge is -2.35. The van der Waals surface area contributed by atoms with E-state index in [0.717, 1.165) is 18.5 Å². The van der Waals surface area contributed by atoms with Gasteiger partial charge in [-0.3, -0.25) is 4.79 Å². The highest BCUT2D eigenvalue weighted by molar-refractivity contribution is 5.98. The Kier molecular flexibility index (Phi) is 4.24. The molecule has 0 saturated heterocycles. The van der Waals surface area contributed by atoms with Crippen LogP contribution in [0.5, 0.6) is 11.5 Å². The summed E-state index contributed by atoms with van der Waals surface area (Å²) in [7, 11) is 1.79. The van der Waals surface area contributed by atoms with Crippen LogP contribution in [0.1, 0.15) is 34.8 Å². The van der Waals surface area contributed by atoms with Gasteiger partial charge in [-0.05, 0) is 25.0 Å². The first-order valence-electron chi connectivity index (χ1n) is 8.65. The second-order valence-electron chi connectivity index (χ2n) is 6.45. The second-order valence-corrected chi connectivity index (χ2v) is 6.45. The smallest absolute Gasteiger partial charge is 0.255 e. The second kappa shape index (κ2) is 6.70. The highest BCUT2D eigenvalue weighted by Crippen LogP contribution is 2.38. The molecule has 1 aliphatic heterocycles. The average molecular weight is 355 g/mol. The van der Waals surface area contributed by atoms with Gasteiger partial charge in [0.1, 0.15) is 19.0 Å². The largest absolute Gasteiger partial charge is 0.486 e. The number of nitrogens with one attached hydrogen (secondary N) is 2. The molecule has 0 spiro atoms. The molecule has 8 nitrogen and oxygen atoms in total. The number of fused-ring (bicyclic) bond motifs is 1. The van der Waals surface area contributed by atoms with Gasteiger partial charge >= 0.3 is 0 Å². The van der Waals surface area contributed by atoms with Gasteiger partial charge in [-0.25, -0.2) is 4.98 Å². The van der Waals surface area contributed by atoms with E-state index < -0.39 is 0 Å². The molecule has 2 aliphatic rings. The predicted molar refractivity (Wildman–Crippen MR) is 96.7 cm³/mol. The number of carbonyl (C=O) groups excluding carboxylic acids is 1. The molecular formula is C18H21N5O3. The number of aromatic nitrogens is 2. The number of hydrogen-bond acceptors (Lipinski definition) is 7. The van der Waals surface area contributed by atoms with Gasteiger partial charge in [0.15, 0.2) is 11.5 Å². The number of nitrogens with two attached hydrogens (primary N) is 1. The van der Waals surface area contributed by atoms with E-state index in [2.05, 4.69) is 20.6 Å². The number of nitrogens with zero attached hydrogens (tertiary/aromatic N) is 2. The number of ether oxygens (including phenoxy) is 2. The first-order chi connectivity index (χ1) is 12.6. The number of nitrogen functional groups attached to an aromatic ring is 1. The zero-order valence-electron chi connectivity index (χ0n) is 14.5. The highest BCUT2D eigenvalue weighted by Gasteiger charge is 2.34. The van der Waals surface area contributed by atoms with Crippen LogP contribution in [0.4, 0.5) is 11.8 Å². The normalized spacial score (nSPS) is 20.8. The van der Waals surface area contributed by atoms with E-state index in [4.69, 9.17) is 15.2 Å². The summed E-state index contributed by atoms with van der Waals surface area (Å²) in [5.41, 5.74) is 7.16. The van der Waals surface area contributed by atoms with Crippen molar-refractivity contribution in [2.75, 3.05) is 31.3 Å². The van der Waals surface area contributed by atoms with Crippen molar-refractivity contribution >= 4 is 17.7 Å². The lowest BCUT2D eigenvalue weighted by atomic mass is 9.78. The van der Waals surface area contributed by atoms with Crippen molar-refractivity contribution in [2.24, 2.45) is 0 Å². The molecule has 0 unspecified atom stereocenters. The number of amides is 1. The number of hydrogen-bond donors (Lipinski definition) is 3. The predicted octanol–water partition coefficient (Wildman–Crippen LogP) is 1.55.